The van der Waals surface area contributed by atoms with Crippen molar-refractivity contribution in [1.29, 1.82) is 0 Å². The number of anilines is 2. The van der Waals surface area contributed by atoms with Crippen LogP contribution in [-0.2, 0) is 24.9 Å². The Balaban J connectivity index is 1.63. The topological polar surface area (TPSA) is 103 Å². The van der Waals surface area contributed by atoms with Gasteiger partial charge < -0.3 is 10.6 Å². The SMILES string of the molecule is Cn1cc2cc(Nc3cc(=O)n(CC4CCNC4=O)c(=O)n3Cc3cc(F)c(F)cc3F)c(Cl)cc2n1. The Morgan fingerprint density at radius 2 is 1.81 bits per heavy atom. The van der Waals surface area contributed by atoms with Crippen LogP contribution in [0.25, 0.3) is 10.9 Å². The van der Waals surface area contributed by atoms with E-state index < -0.39 is 41.2 Å². The van der Waals surface area contributed by atoms with Gasteiger partial charge in [0.15, 0.2) is 11.6 Å². The molecule has 1 aliphatic heterocycles. The maximum Gasteiger partial charge on any atom is 0.332 e. The van der Waals surface area contributed by atoms with Crippen LogP contribution in [0.4, 0.5) is 24.7 Å². The van der Waals surface area contributed by atoms with Crippen molar-refractivity contribution in [3.63, 3.8) is 0 Å². The van der Waals surface area contributed by atoms with Gasteiger partial charge in [0.1, 0.15) is 11.6 Å². The Labute approximate surface area is 212 Å². The highest BCUT2D eigenvalue weighted by Crippen LogP contribution is 2.30. The maximum absolute atomic E-state index is 14.5. The molecule has 1 amide bonds. The van der Waals surface area contributed by atoms with Crippen LogP contribution in [-0.4, -0.2) is 31.4 Å². The zero-order chi connectivity index (χ0) is 26.4. The smallest absolute Gasteiger partial charge is 0.332 e. The van der Waals surface area contributed by atoms with Crippen LogP contribution in [0.5, 0.6) is 0 Å². The summed E-state index contributed by atoms with van der Waals surface area (Å²) in [5.41, 5.74) is -0.940. The third-order valence-corrected chi connectivity index (χ3v) is 6.55. The van der Waals surface area contributed by atoms with Gasteiger partial charge in [0.05, 0.1) is 28.7 Å². The van der Waals surface area contributed by atoms with Crippen LogP contribution in [0.1, 0.15) is 12.0 Å². The lowest BCUT2D eigenvalue weighted by Gasteiger charge is -2.19. The van der Waals surface area contributed by atoms with Gasteiger partial charge >= 0.3 is 5.69 Å². The molecule has 1 fully saturated rings. The molecule has 2 N–H and O–H groups in total. The summed E-state index contributed by atoms with van der Waals surface area (Å²) in [5.74, 6) is -4.68. The predicted molar refractivity (Wildman–Crippen MR) is 131 cm³/mol. The molecular formula is C24H20ClF3N6O3. The molecule has 5 rings (SSSR count). The first-order valence-corrected chi connectivity index (χ1v) is 11.6. The van der Waals surface area contributed by atoms with Gasteiger partial charge in [-0.1, -0.05) is 11.6 Å². The number of aromatic nitrogens is 4. The van der Waals surface area contributed by atoms with Crippen LogP contribution in [0.3, 0.4) is 0 Å². The number of carbonyl (C=O) groups is 1. The van der Waals surface area contributed by atoms with Crippen molar-refractivity contribution in [1.82, 2.24) is 24.2 Å². The number of nitrogens with one attached hydrogen (secondary N) is 2. The van der Waals surface area contributed by atoms with E-state index in [1.165, 1.54) is 0 Å². The summed E-state index contributed by atoms with van der Waals surface area (Å²) in [5, 5.41) is 10.8. The van der Waals surface area contributed by atoms with Gasteiger partial charge in [-0.3, -0.25) is 23.4 Å². The predicted octanol–water partition coefficient (Wildman–Crippen LogP) is 2.90. The van der Waals surface area contributed by atoms with Gasteiger partial charge in [-0.15, -0.1) is 0 Å². The summed E-state index contributed by atoms with van der Waals surface area (Å²) in [7, 11) is 1.74. The zero-order valence-corrected chi connectivity index (χ0v) is 20.2. The van der Waals surface area contributed by atoms with Crippen molar-refractivity contribution in [3.8, 4) is 0 Å². The average Bonchev–Trinajstić information content (AvgIpc) is 3.40. The van der Waals surface area contributed by atoms with Gasteiger partial charge in [0.25, 0.3) is 5.56 Å². The Morgan fingerprint density at radius 1 is 1.05 bits per heavy atom. The molecule has 1 atom stereocenters. The van der Waals surface area contributed by atoms with E-state index in [9.17, 15) is 27.6 Å². The molecule has 0 radical (unpaired) electrons. The van der Waals surface area contributed by atoms with E-state index in [-0.39, 0.29) is 28.9 Å². The number of carbonyl (C=O) groups excluding carboxylic acids is 1. The number of benzene rings is 2. The molecule has 4 aromatic rings. The number of rotatable bonds is 6. The fourth-order valence-corrected chi connectivity index (χ4v) is 4.54. The molecule has 2 aromatic heterocycles. The van der Waals surface area contributed by atoms with E-state index in [4.69, 9.17) is 11.6 Å². The lowest BCUT2D eigenvalue weighted by atomic mass is 10.1. The van der Waals surface area contributed by atoms with Gasteiger partial charge in [0.2, 0.25) is 5.91 Å². The van der Waals surface area contributed by atoms with Crippen molar-refractivity contribution in [2.75, 3.05) is 11.9 Å². The summed E-state index contributed by atoms with van der Waals surface area (Å²) in [4.78, 5) is 38.5. The van der Waals surface area contributed by atoms with Crippen LogP contribution in [0.15, 0.2) is 46.1 Å². The van der Waals surface area contributed by atoms with E-state index in [2.05, 4.69) is 15.7 Å². The first-order valence-electron chi connectivity index (χ1n) is 11.3. The average molecular weight is 533 g/mol. The zero-order valence-electron chi connectivity index (χ0n) is 19.4. The summed E-state index contributed by atoms with van der Waals surface area (Å²) < 4.78 is 45.4. The molecule has 1 unspecified atom stereocenters. The Bertz CT molecular complexity index is 1680. The van der Waals surface area contributed by atoms with Crippen molar-refractivity contribution >= 4 is 39.9 Å². The van der Waals surface area contributed by atoms with Crippen molar-refractivity contribution < 1.29 is 18.0 Å². The van der Waals surface area contributed by atoms with Crippen LogP contribution in [0, 0.1) is 23.4 Å². The summed E-state index contributed by atoms with van der Waals surface area (Å²) in [6.07, 6.45) is 2.18. The Hall–Kier alpha value is -4.06. The summed E-state index contributed by atoms with van der Waals surface area (Å²) >= 11 is 6.40. The molecule has 0 spiro atoms. The highest BCUT2D eigenvalue weighted by Gasteiger charge is 2.26. The maximum atomic E-state index is 14.5. The molecule has 13 heteroatoms. The summed E-state index contributed by atoms with van der Waals surface area (Å²) in [6, 6.07) is 5.39. The molecule has 9 nitrogen and oxygen atoms in total. The molecule has 0 bridgehead atoms. The second kappa shape index (κ2) is 9.43. The summed E-state index contributed by atoms with van der Waals surface area (Å²) in [6.45, 7) is -0.304. The quantitative estimate of drug-likeness (QED) is 0.372. The molecule has 37 heavy (non-hydrogen) atoms. The molecule has 0 aliphatic carbocycles. The van der Waals surface area contributed by atoms with Crippen molar-refractivity contribution in [2.45, 2.75) is 19.5 Å². The second-order valence-electron chi connectivity index (χ2n) is 8.80. The molecular weight excluding hydrogens is 513 g/mol. The third kappa shape index (κ3) is 4.71. The molecule has 1 saturated heterocycles. The van der Waals surface area contributed by atoms with Crippen LogP contribution in [0.2, 0.25) is 5.02 Å². The normalized spacial score (nSPS) is 15.4. The van der Waals surface area contributed by atoms with Gasteiger partial charge in [-0.2, -0.15) is 5.10 Å². The molecule has 192 valence electrons. The minimum absolute atomic E-state index is 0.0589. The highest BCUT2D eigenvalue weighted by molar-refractivity contribution is 6.34. The molecule has 0 saturated carbocycles. The first kappa shape index (κ1) is 24.6. The van der Waals surface area contributed by atoms with Gasteiger partial charge in [-0.05, 0) is 24.6 Å². The van der Waals surface area contributed by atoms with E-state index >= 15 is 0 Å². The van der Waals surface area contributed by atoms with E-state index in [0.717, 1.165) is 20.6 Å². The number of fused-ring (bicyclic) bond motifs is 1. The number of hydrogen-bond donors (Lipinski definition) is 2. The van der Waals surface area contributed by atoms with Crippen LogP contribution < -0.4 is 21.9 Å². The lowest BCUT2D eigenvalue weighted by Crippen LogP contribution is -2.42. The minimum atomic E-state index is -1.37. The monoisotopic (exact) mass is 532 g/mol. The van der Waals surface area contributed by atoms with E-state index in [1.54, 1.807) is 30.1 Å². The number of aryl methyl sites for hydroxylation is 1. The Morgan fingerprint density at radius 3 is 2.54 bits per heavy atom. The molecule has 3 heterocycles. The highest BCUT2D eigenvalue weighted by atomic mass is 35.5. The Kier molecular flexibility index (Phi) is 6.28. The molecule has 1 aliphatic rings. The number of nitrogens with zero attached hydrogens (tertiary/aromatic N) is 4. The van der Waals surface area contributed by atoms with Crippen molar-refractivity contribution in [3.05, 3.63) is 85.4 Å². The van der Waals surface area contributed by atoms with Crippen LogP contribution >= 0.6 is 11.6 Å². The lowest BCUT2D eigenvalue weighted by molar-refractivity contribution is -0.122. The fraction of sp³-hybridized carbons (Fsp3) is 0.250. The number of amides is 1. The van der Waals surface area contributed by atoms with Crippen molar-refractivity contribution in [2.24, 2.45) is 13.0 Å². The number of halogens is 4. The van der Waals surface area contributed by atoms with Gasteiger partial charge in [-0.25, -0.2) is 18.0 Å². The first-order chi connectivity index (χ1) is 17.6. The van der Waals surface area contributed by atoms with Gasteiger partial charge in [0, 0.05) is 49.4 Å². The third-order valence-electron chi connectivity index (χ3n) is 6.23. The van der Waals surface area contributed by atoms with E-state index in [0.29, 0.717) is 36.3 Å². The minimum Gasteiger partial charge on any atom is -0.356 e. The second-order valence-corrected chi connectivity index (χ2v) is 9.21. The number of hydrogen-bond acceptors (Lipinski definition) is 5. The fourth-order valence-electron chi connectivity index (χ4n) is 4.34. The molecule has 2 aromatic carbocycles. The van der Waals surface area contributed by atoms with E-state index in [1.807, 2.05) is 0 Å². The largest absolute Gasteiger partial charge is 0.356 e. The standard InChI is InChI=1S/C24H20ClF3N6O3/c1-32-9-14-5-20(15(25)6-19(14)31-32)30-21-8-22(35)34(10-12-2-3-29-23(12)36)24(37)33(21)11-13-4-17(27)18(28)7-16(13)26/h4-9,12,30H,2-3,10-11H2,1H3,(H,29,36).